The Morgan fingerprint density at radius 1 is 1.45 bits per heavy atom. The first-order chi connectivity index (χ1) is 9.35. The average Bonchev–Trinajstić information content (AvgIpc) is 2.31. The Morgan fingerprint density at radius 2 is 2.10 bits per heavy atom. The van der Waals surface area contributed by atoms with Crippen LogP contribution >= 0.6 is 0 Å². The molecule has 1 aliphatic carbocycles. The molecule has 1 N–H and O–H groups in total. The fourth-order valence-corrected chi connectivity index (χ4v) is 3.22. The molecule has 112 valence electrons. The number of carbonyl (C=O) groups excluding carboxylic acids is 1. The fourth-order valence-electron chi connectivity index (χ4n) is 3.22. The summed E-state index contributed by atoms with van der Waals surface area (Å²) in [5.74, 6) is 1.88. The highest BCUT2D eigenvalue weighted by Crippen LogP contribution is 2.40. The average molecular weight is 276 g/mol. The van der Waals surface area contributed by atoms with Crippen molar-refractivity contribution in [2.24, 2.45) is 23.7 Å². The standard InChI is InChI=1S/C17H28N2O/c1-11(2)16-9-15(10-17(20)19-12(3)4)13(5)8-14(16)6-7-18/h8,11-12,14-16H,6,9-10H2,1-5H3,(H,19,20). The van der Waals surface area contributed by atoms with Crippen molar-refractivity contribution >= 4 is 5.91 Å². The molecule has 0 saturated heterocycles. The van der Waals surface area contributed by atoms with Crippen molar-refractivity contribution in [3.8, 4) is 6.07 Å². The molecular formula is C17H28N2O. The molecule has 0 aromatic heterocycles. The fraction of sp³-hybridized carbons (Fsp3) is 0.765. The maximum atomic E-state index is 12.0. The lowest BCUT2D eigenvalue weighted by atomic mass is 9.69. The Balaban J connectivity index is 2.77. The Morgan fingerprint density at radius 3 is 2.60 bits per heavy atom. The zero-order chi connectivity index (χ0) is 15.3. The Kier molecular flexibility index (Phi) is 6.26. The molecule has 3 nitrogen and oxygen atoms in total. The second kappa shape index (κ2) is 7.47. The van der Waals surface area contributed by atoms with E-state index in [0.29, 0.717) is 36.5 Å². The van der Waals surface area contributed by atoms with Crippen molar-refractivity contribution < 1.29 is 4.79 Å². The van der Waals surface area contributed by atoms with Gasteiger partial charge >= 0.3 is 0 Å². The van der Waals surface area contributed by atoms with E-state index in [0.717, 1.165) is 6.42 Å². The van der Waals surface area contributed by atoms with Gasteiger partial charge in [-0.2, -0.15) is 5.26 Å². The number of allylic oxidation sites excluding steroid dienone is 2. The van der Waals surface area contributed by atoms with Crippen LogP contribution < -0.4 is 5.32 Å². The van der Waals surface area contributed by atoms with Gasteiger partial charge in [-0.15, -0.1) is 0 Å². The van der Waals surface area contributed by atoms with Crippen molar-refractivity contribution in [1.82, 2.24) is 5.32 Å². The molecule has 1 amide bonds. The van der Waals surface area contributed by atoms with Crippen molar-refractivity contribution in [2.75, 3.05) is 0 Å². The lowest BCUT2D eigenvalue weighted by Crippen LogP contribution is -2.34. The van der Waals surface area contributed by atoms with Crippen LogP contribution in [0.1, 0.15) is 53.9 Å². The Hall–Kier alpha value is -1.30. The molecule has 0 aromatic rings. The summed E-state index contributed by atoms with van der Waals surface area (Å²) in [5.41, 5.74) is 1.28. The van der Waals surface area contributed by atoms with E-state index in [1.165, 1.54) is 5.57 Å². The Bertz CT molecular complexity index is 404. The lowest BCUT2D eigenvalue weighted by molar-refractivity contribution is -0.122. The SMILES string of the molecule is CC1=CC(CC#N)C(C(C)C)CC1CC(=O)NC(C)C. The number of hydrogen-bond donors (Lipinski definition) is 1. The van der Waals surface area contributed by atoms with Crippen LogP contribution in [-0.2, 0) is 4.79 Å². The second-order valence-electron chi connectivity index (χ2n) is 6.70. The molecule has 3 unspecified atom stereocenters. The minimum absolute atomic E-state index is 0.138. The quantitative estimate of drug-likeness (QED) is 0.779. The van der Waals surface area contributed by atoms with E-state index in [1.807, 2.05) is 13.8 Å². The van der Waals surface area contributed by atoms with Crippen LogP contribution in [0.3, 0.4) is 0 Å². The summed E-state index contributed by atoms with van der Waals surface area (Å²) in [6, 6.07) is 2.50. The molecule has 0 heterocycles. The summed E-state index contributed by atoms with van der Waals surface area (Å²) >= 11 is 0. The molecule has 0 aromatic carbocycles. The predicted molar refractivity (Wildman–Crippen MR) is 81.8 cm³/mol. The largest absolute Gasteiger partial charge is 0.354 e. The summed E-state index contributed by atoms with van der Waals surface area (Å²) in [6.07, 6.45) is 4.43. The number of nitrogens with zero attached hydrogens (tertiary/aromatic N) is 1. The molecule has 1 aliphatic rings. The molecule has 3 heteroatoms. The van der Waals surface area contributed by atoms with Crippen molar-refractivity contribution in [3.63, 3.8) is 0 Å². The van der Waals surface area contributed by atoms with Crippen LogP contribution in [0.5, 0.6) is 0 Å². The number of carbonyl (C=O) groups is 1. The van der Waals surface area contributed by atoms with E-state index in [-0.39, 0.29) is 11.9 Å². The van der Waals surface area contributed by atoms with E-state index in [2.05, 4.69) is 38.2 Å². The molecule has 0 radical (unpaired) electrons. The molecule has 0 fully saturated rings. The minimum Gasteiger partial charge on any atom is -0.354 e. The summed E-state index contributed by atoms with van der Waals surface area (Å²) in [7, 11) is 0. The number of amides is 1. The first-order valence-electron chi connectivity index (χ1n) is 7.69. The van der Waals surface area contributed by atoms with Gasteiger partial charge in [0.1, 0.15) is 0 Å². The van der Waals surface area contributed by atoms with Gasteiger partial charge < -0.3 is 5.32 Å². The predicted octanol–water partition coefficient (Wildman–Crippen LogP) is 3.67. The van der Waals surface area contributed by atoms with E-state index in [4.69, 9.17) is 5.26 Å². The Labute approximate surface area is 123 Å². The van der Waals surface area contributed by atoms with Crippen LogP contribution in [0.2, 0.25) is 0 Å². The second-order valence-corrected chi connectivity index (χ2v) is 6.70. The maximum Gasteiger partial charge on any atom is 0.220 e. The van der Waals surface area contributed by atoms with Crippen LogP contribution in [0.15, 0.2) is 11.6 Å². The van der Waals surface area contributed by atoms with Gasteiger partial charge in [-0.1, -0.05) is 25.5 Å². The van der Waals surface area contributed by atoms with Gasteiger partial charge in [0, 0.05) is 18.9 Å². The molecule has 0 aliphatic heterocycles. The molecule has 20 heavy (non-hydrogen) atoms. The van der Waals surface area contributed by atoms with E-state index in [9.17, 15) is 4.79 Å². The van der Waals surface area contributed by atoms with Crippen molar-refractivity contribution in [3.05, 3.63) is 11.6 Å². The third kappa shape index (κ3) is 4.67. The molecule has 1 rings (SSSR count). The van der Waals surface area contributed by atoms with Crippen LogP contribution in [0, 0.1) is 35.0 Å². The zero-order valence-electron chi connectivity index (χ0n) is 13.4. The third-order valence-corrected chi connectivity index (χ3v) is 4.29. The van der Waals surface area contributed by atoms with E-state index >= 15 is 0 Å². The highest BCUT2D eigenvalue weighted by Gasteiger charge is 2.32. The van der Waals surface area contributed by atoms with Crippen LogP contribution in [-0.4, -0.2) is 11.9 Å². The van der Waals surface area contributed by atoms with Crippen molar-refractivity contribution in [1.29, 1.82) is 5.26 Å². The lowest BCUT2D eigenvalue weighted by Gasteiger charge is -2.36. The van der Waals surface area contributed by atoms with Gasteiger partial charge in [0.15, 0.2) is 0 Å². The number of hydrogen-bond acceptors (Lipinski definition) is 2. The van der Waals surface area contributed by atoms with Gasteiger partial charge in [0.25, 0.3) is 0 Å². The van der Waals surface area contributed by atoms with Gasteiger partial charge in [-0.05, 0) is 50.9 Å². The monoisotopic (exact) mass is 276 g/mol. The maximum absolute atomic E-state index is 12.0. The highest BCUT2D eigenvalue weighted by molar-refractivity contribution is 5.76. The smallest absolute Gasteiger partial charge is 0.220 e. The first-order valence-corrected chi connectivity index (χ1v) is 7.69. The van der Waals surface area contributed by atoms with Crippen molar-refractivity contribution in [2.45, 2.75) is 59.9 Å². The number of nitrogens with one attached hydrogen (secondary N) is 1. The summed E-state index contributed by atoms with van der Waals surface area (Å²) in [4.78, 5) is 12.0. The summed E-state index contributed by atoms with van der Waals surface area (Å²) < 4.78 is 0. The number of nitriles is 1. The molecule has 0 saturated carbocycles. The zero-order valence-corrected chi connectivity index (χ0v) is 13.4. The van der Waals surface area contributed by atoms with Crippen LogP contribution in [0.25, 0.3) is 0 Å². The van der Waals surface area contributed by atoms with Gasteiger partial charge in [-0.25, -0.2) is 0 Å². The normalized spacial score (nSPS) is 26.3. The number of rotatable bonds is 5. The summed E-state index contributed by atoms with van der Waals surface area (Å²) in [5, 5.41) is 11.9. The van der Waals surface area contributed by atoms with E-state index < -0.39 is 0 Å². The first kappa shape index (κ1) is 16.8. The molecular weight excluding hydrogens is 248 g/mol. The van der Waals surface area contributed by atoms with Gasteiger partial charge in [0.2, 0.25) is 5.91 Å². The molecule has 3 atom stereocenters. The van der Waals surface area contributed by atoms with Gasteiger partial charge in [0.05, 0.1) is 6.07 Å². The summed E-state index contributed by atoms with van der Waals surface area (Å²) in [6.45, 7) is 10.5. The molecule has 0 bridgehead atoms. The van der Waals surface area contributed by atoms with Crippen LogP contribution in [0.4, 0.5) is 0 Å². The van der Waals surface area contributed by atoms with E-state index in [1.54, 1.807) is 0 Å². The third-order valence-electron chi connectivity index (χ3n) is 4.29. The topological polar surface area (TPSA) is 52.9 Å². The molecule has 0 spiro atoms. The van der Waals surface area contributed by atoms with Gasteiger partial charge in [-0.3, -0.25) is 4.79 Å². The minimum atomic E-state index is 0.138. The highest BCUT2D eigenvalue weighted by atomic mass is 16.1.